The van der Waals surface area contributed by atoms with Gasteiger partial charge in [0.1, 0.15) is 11.5 Å². The maximum absolute atomic E-state index is 16.6. The van der Waals surface area contributed by atoms with Crippen molar-refractivity contribution in [1.29, 1.82) is 0 Å². The van der Waals surface area contributed by atoms with Crippen molar-refractivity contribution >= 4 is 43.2 Å². The molecule has 0 bridgehead atoms. The largest absolute Gasteiger partial charge is 0.497 e. The van der Waals surface area contributed by atoms with Crippen LogP contribution < -0.4 is 25.0 Å². The van der Waals surface area contributed by atoms with Crippen LogP contribution in [0.25, 0.3) is 0 Å². The summed E-state index contributed by atoms with van der Waals surface area (Å²) >= 11 is 0. The second kappa shape index (κ2) is 16.5. The highest BCUT2D eigenvalue weighted by atomic mass is 28.4. The predicted molar refractivity (Wildman–Crippen MR) is 219 cm³/mol. The normalized spacial score (nSPS) is 19.9. The molecule has 5 aromatic rings. The number of aryl methyl sites for hydroxylation is 1. The van der Waals surface area contributed by atoms with E-state index in [2.05, 4.69) is 20.9 Å². The Morgan fingerprint density at radius 3 is 2.12 bits per heavy atom. The highest BCUT2D eigenvalue weighted by molar-refractivity contribution is 6.72. The Kier molecular flexibility index (Phi) is 11.5. The first-order chi connectivity index (χ1) is 27.8. The van der Waals surface area contributed by atoms with Gasteiger partial charge in [-0.15, -0.1) is 5.10 Å². The van der Waals surface area contributed by atoms with Gasteiger partial charge in [-0.05, 0) is 104 Å². The molecule has 4 aromatic carbocycles. The summed E-state index contributed by atoms with van der Waals surface area (Å²) in [4.78, 5) is 43.3. The summed E-state index contributed by atoms with van der Waals surface area (Å²) < 4.78 is 35.6. The molecule has 4 atom stereocenters. The van der Waals surface area contributed by atoms with Gasteiger partial charge in [0.05, 0.1) is 38.2 Å². The van der Waals surface area contributed by atoms with Crippen molar-refractivity contribution in [2.24, 2.45) is 5.92 Å². The zero-order valence-corrected chi connectivity index (χ0v) is 34.1. The number of ether oxygens (including phenoxy) is 3. The van der Waals surface area contributed by atoms with Crippen molar-refractivity contribution in [3.63, 3.8) is 0 Å². The molecule has 13 nitrogen and oxygen atoms in total. The molecule has 1 aromatic heterocycles. The molecule has 302 valence electrons. The number of amides is 3. The van der Waals surface area contributed by atoms with Gasteiger partial charge in [0, 0.05) is 65.3 Å². The number of nitrogens with one attached hydrogen (secondary N) is 2. The van der Waals surface area contributed by atoms with Gasteiger partial charge in [-0.1, -0.05) is 24.3 Å². The molecule has 0 saturated carbocycles. The lowest BCUT2D eigenvalue weighted by Gasteiger charge is -2.31. The Bertz CT molecular complexity index is 2300. The standard InChI is InChI=1S/C43H47FN6O7Si/c1-27-39(58(4,5)44)38(19-21-49-26-33(20-22-51)47-48-49)57-43(27)36-24-32(46-41(53)30-11-16-35(56-3)17-12-30)13-18-37(36)50(42(43)54)25-28-7-6-8-31(23-28)45-40(52)29-9-14-34(55-2)15-10-29/h6-18,23-24,26-27,38-39,51H,19-22,25H2,1-5H3,(H,45,52)(H,46,53)/t27-,38+,39-,43+/m0/s1. The lowest BCUT2D eigenvalue weighted by molar-refractivity contribution is -0.146. The first-order valence-electron chi connectivity index (χ1n) is 19.2. The van der Waals surface area contributed by atoms with Crippen LogP contribution in [0.4, 0.5) is 21.2 Å². The van der Waals surface area contributed by atoms with Crippen LogP contribution in [0.5, 0.6) is 11.5 Å². The van der Waals surface area contributed by atoms with Crippen LogP contribution >= 0.6 is 0 Å². The number of halogens is 1. The molecule has 3 heterocycles. The molecule has 3 amide bonds. The van der Waals surface area contributed by atoms with Crippen molar-refractivity contribution in [3.05, 3.63) is 125 Å². The molecule has 15 heteroatoms. The molecule has 0 aliphatic carbocycles. The smallest absolute Gasteiger partial charge is 0.264 e. The van der Waals surface area contributed by atoms with Gasteiger partial charge in [-0.3, -0.25) is 19.1 Å². The number of nitrogens with zero attached hydrogens (tertiary/aromatic N) is 4. The topological polar surface area (TPSA) is 157 Å². The number of carbonyl (C=O) groups is 3. The number of rotatable bonds is 14. The van der Waals surface area contributed by atoms with Gasteiger partial charge in [0.2, 0.25) is 8.41 Å². The Morgan fingerprint density at radius 1 is 0.914 bits per heavy atom. The van der Waals surface area contributed by atoms with Crippen LogP contribution in [0.3, 0.4) is 0 Å². The van der Waals surface area contributed by atoms with Crippen LogP contribution in [0.2, 0.25) is 18.6 Å². The van der Waals surface area contributed by atoms with E-state index in [4.69, 9.17) is 14.2 Å². The van der Waals surface area contributed by atoms with E-state index >= 15 is 8.90 Å². The number of anilines is 3. The maximum Gasteiger partial charge on any atom is 0.264 e. The summed E-state index contributed by atoms with van der Waals surface area (Å²) in [6.45, 7) is 5.62. The molecule has 3 N–H and O–H groups in total. The van der Waals surface area contributed by atoms with Gasteiger partial charge in [0.25, 0.3) is 17.7 Å². The van der Waals surface area contributed by atoms with Crippen molar-refractivity contribution < 1.29 is 37.8 Å². The van der Waals surface area contributed by atoms with E-state index in [0.717, 1.165) is 5.56 Å². The zero-order valence-electron chi connectivity index (χ0n) is 33.1. The first kappa shape index (κ1) is 40.3. The molecule has 0 radical (unpaired) electrons. The van der Waals surface area contributed by atoms with Crippen molar-refractivity contribution in [2.75, 3.05) is 36.4 Å². The number of benzene rings is 4. The number of aliphatic hydroxyl groups is 1. The molecule has 0 unspecified atom stereocenters. The maximum atomic E-state index is 16.6. The van der Waals surface area contributed by atoms with Crippen LogP contribution in [0.15, 0.2) is 97.2 Å². The molecule has 58 heavy (non-hydrogen) atoms. The van der Waals surface area contributed by atoms with E-state index in [1.54, 1.807) is 116 Å². The number of fused-ring (bicyclic) bond motifs is 2. The Labute approximate surface area is 337 Å². The second-order valence-corrected chi connectivity index (χ2v) is 19.0. The minimum Gasteiger partial charge on any atom is -0.497 e. The molecular weight excluding hydrogens is 760 g/mol. The quantitative estimate of drug-likeness (QED) is 0.0817. The third-order valence-corrected chi connectivity index (χ3v) is 13.5. The van der Waals surface area contributed by atoms with Crippen molar-refractivity contribution in [3.8, 4) is 11.5 Å². The van der Waals surface area contributed by atoms with E-state index in [1.807, 2.05) is 25.1 Å². The Balaban J connectivity index is 1.22. The van der Waals surface area contributed by atoms with E-state index in [0.29, 0.717) is 70.3 Å². The molecule has 1 spiro atoms. The van der Waals surface area contributed by atoms with Crippen LogP contribution in [0, 0.1) is 5.92 Å². The Morgan fingerprint density at radius 2 is 1.53 bits per heavy atom. The summed E-state index contributed by atoms with van der Waals surface area (Å²) in [7, 11) is -0.376. The highest BCUT2D eigenvalue weighted by Gasteiger charge is 2.66. The predicted octanol–water partition coefficient (Wildman–Crippen LogP) is 6.75. The number of hydrogen-bond acceptors (Lipinski definition) is 9. The van der Waals surface area contributed by atoms with Gasteiger partial charge >= 0.3 is 0 Å². The lowest BCUT2D eigenvalue weighted by atomic mass is 9.82. The summed E-state index contributed by atoms with van der Waals surface area (Å²) in [5, 5.41) is 23.6. The fraction of sp³-hybridized carbons (Fsp3) is 0.326. The third-order valence-electron chi connectivity index (χ3n) is 11.0. The van der Waals surface area contributed by atoms with E-state index < -0.39 is 31.6 Å². The molecule has 2 aliphatic rings. The minimum atomic E-state index is -3.49. The van der Waals surface area contributed by atoms with Gasteiger partial charge < -0.3 is 39.0 Å². The number of hydrogen-bond donors (Lipinski definition) is 3. The van der Waals surface area contributed by atoms with Crippen molar-refractivity contribution in [2.45, 2.75) is 63.2 Å². The lowest BCUT2D eigenvalue weighted by Crippen LogP contribution is -2.45. The van der Waals surface area contributed by atoms with E-state index in [9.17, 15) is 14.7 Å². The summed E-state index contributed by atoms with van der Waals surface area (Å²) in [6, 6.07) is 26.1. The zero-order chi connectivity index (χ0) is 41.2. The van der Waals surface area contributed by atoms with E-state index in [1.165, 1.54) is 0 Å². The molecule has 2 aliphatic heterocycles. The third kappa shape index (κ3) is 7.97. The van der Waals surface area contributed by atoms with Gasteiger partial charge in [-0.2, -0.15) is 0 Å². The number of methoxy groups -OCH3 is 2. The van der Waals surface area contributed by atoms with Gasteiger partial charge in [0.15, 0.2) is 5.60 Å². The average Bonchev–Trinajstić information content (AvgIpc) is 3.86. The molecular formula is C43H47FN6O7Si. The summed E-state index contributed by atoms with van der Waals surface area (Å²) in [5.41, 5.74) is 2.23. The molecule has 7 rings (SSSR count). The average molecular weight is 807 g/mol. The van der Waals surface area contributed by atoms with Crippen LogP contribution in [-0.4, -0.2) is 73.2 Å². The molecule has 1 fully saturated rings. The number of carbonyl (C=O) groups excluding carboxylic acids is 3. The fourth-order valence-corrected chi connectivity index (χ4v) is 10.9. The first-order valence-corrected chi connectivity index (χ1v) is 22.1. The number of aliphatic hydroxyl groups excluding tert-OH is 1. The number of aromatic nitrogens is 3. The fourth-order valence-electron chi connectivity index (χ4n) is 8.31. The minimum absolute atomic E-state index is 0.0582. The van der Waals surface area contributed by atoms with Crippen LogP contribution in [0.1, 0.15) is 50.9 Å². The van der Waals surface area contributed by atoms with Crippen LogP contribution in [-0.2, 0) is 34.6 Å². The van der Waals surface area contributed by atoms with Gasteiger partial charge in [-0.25, -0.2) is 0 Å². The SMILES string of the molecule is COc1ccc(C(=O)Nc2cccc(CN3C(=O)[C@]4(O[C@H](CCn5cc(CCO)nn5)[C@@H]([Si](C)(C)F)[C@@H]4C)c4cc(NC(=O)c5ccc(OC)cc5)ccc43)c2)cc1. The highest BCUT2D eigenvalue weighted by Crippen LogP contribution is 2.60. The van der Waals surface area contributed by atoms with E-state index in [-0.39, 0.29) is 30.9 Å². The second-order valence-electron chi connectivity index (χ2n) is 15.2. The molecule has 1 saturated heterocycles. The monoisotopic (exact) mass is 806 g/mol. The Hall–Kier alpha value is -5.90. The van der Waals surface area contributed by atoms with Crippen molar-refractivity contribution in [1.82, 2.24) is 15.0 Å². The summed E-state index contributed by atoms with van der Waals surface area (Å²) in [5.74, 6) is -0.318. The summed E-state index contributed by atoms with van der Waals surface area (Å²) in [6.07, 6.45) is 1.84.